The number of hydrogen-bond acceptors (Lipinski definition) is 3. The van der Waals surface area contributed by atoms with Crippen molar-refractivity contribution in [1.82, 2.24) is 0 Å². The molecular formula is C23H38F3NO2. The van der Waals surface area contributed by atoms with E-state index in [1.807, 2.05) is 6.92 Å². The third-order valence-electron chi connectivity index (χ3n) is 9.56. The second-order valence-electron chi connectivity index (χ2n) is 10.8. The molecule has 0 amide bonds. The Labute approximate surface area is 172 Å². The van der Waals surface area contributed by atoms with Crippen LogP contribution in [0.2, 0.25) is 0 Å². The van der Waals surface area contributed by atoms with Gasteiger partial charge in [0.1, 0.15) is 6.04 Å². The number of aliphatic hydroxyl groups is 1. The fourth-order valence-electron chi connectivity index (χ4n) is 8.24. The highest BCUT2D eigenvalue weighted by Gasteiger charge is 2.61. The number of rotatable bonds is 4. The lowest BCUT2D eigenvalue weighted by atomic mass is 9.48. The van der Waals surface area contributed by atoms with Gasteiger partial charge in [0.2, 0.25) is 0 Å². The molecule has 9 atom stereocenters. The molecule has 0 aromatic carbocycles. The van der Waals surface area contributed by atoms with Crippen LogP contribution in [0.4, 0.5) is 13.2 Å². The average molecular weight is 418 g/mol. The Kier molecular flexibility index (Phi) is 5.79. The highest BCUT2D eigenvalue weighted by molar-refractivity contribution is 5.09. The Morgan fingerprint density at radius 1 is 1.03 bits per heavy atom. The maximum absolute atomic E-state index is 13.4. The molecule has 3 N–H and O–H groups in total. The summed E-state index contributed by atoms with van der Waals surface area (Å²) in [6, 6.07) is -1.69. The minimum absolute atomic E-state index is 0.271. The standard InChI is InChI=1S/C23H38F3NO2/c1-3-29-13-22(28)11-9-15-14(12-22)4-5-17-16(15)8-10-21(2)18(17)6-7-19(21)20(27)23(24,25)26/h14-20,28H,3-13,27H2,1-2H3/t14-,15+,16-,17-,18+,19-,20+,21+,22-/m1/s1. The molecule has 29 heavy (non-hydrogen) atoms. The van der Waals surface area contributed by atoms with Crippen LogP contribution in [0, 0.1) is 40.9 Å². The lowest BCUT2D eigenvalue weighted by Gasteiger charge is -2.57. The first-order chi connectivity index (χ1) is 13.6. The highest BCUT2D eigenvalue weighted by Crippen LogP contribution is 2.65. The Bertz CT molecular complexity index is 599. The van der Waals surface area contributed by atoms with Crippen LogP contribution in [0.5, 0.6) is 0 Å². The zero-order chi connectivity index (χ0) is 21.0. The van der Waals surface area contributed by atoms with Crippen molar-refractivity contribution in [2.24, 2.45) is 46.7 Å². The molecular weight excluding hydrogens is 379 g/mol. The lowest BCUT2D eigenvalue weighted by molar-refractivity contribution is -0.175. The molecule has 0 unspecified atom stereocenters. The highest BCUT2D eigenvalue weighted by atomic mass is 19.4. The molecule has 0 saturated heterocycles. The molecule has 4 fully saturated rings. The summed E-state index contributed by atoms with van der Waals surface area (Å²) in [5, 5.41) is 11.0. The van der Waals surface area contributed by atoms with Gasteiger partial charge in [0.25, 0.3) is 0 Å². The van der Waals surface area contributed by atoms with Crippen LogP contribution in [0.25, 0.3) is 0 Å². The molecule has 0 aromatic rings. The van der Waals surface area contributed by atoms with Crippen LogP contribution >= 0.6 is 0 Å². The Hall–Kier alpha value is -0.330. The van der Waals surface area contributed by atoms with Crippen molar-refractivity contribution in [3.05, 3.63) is 0 Å². The first-order valence-electron chi connectivity index (χ1n) is 11.7. The second kappa shape index (κ2) is 7.67. The van der Waals surface area contributed by atoms with E-state index in [1.165, 1.54) is 0 Å². The number of hydrogen-bond donors (Lipinski definition) is 2. The SMILES string of the molecule is CCOC[C@@]1(O)CC[C@H]2[C@H](CC[C@@H]3[C@@H]2CC[C@]2(C)[C@@H]([C@H](N)C(F)(F)F)CC[C@@H]32)C1. The van der Waals surface area contributed by atoms with Crippen molar-refractivity contribution in [2.75, 3.05) is 13.2 Å². The van der Waals surface area contributed by atoms with Gasteiger partial charge in [0, 0.05) is 6.61 Å². The molecule has 0 heterocycles. The summed E-state index contributed by atoms with van der Waals surface area (Å²) in [6.45, 7) is 5.12. The zero-order valence-corrected chi connectivity index (χ0v) is 17.9. The predicted octanol–water partition coefficient (Wildman–Crippen LogP) is 4.91. The van der Waals surface area contributed by atoms with Gasteiger partial charge >= 0.3 is 6.18 Å². The Morgan fingerprint density at radius 2 is 1.76 bits per heavy atom. The van der Waals surface area contributed by atoms with Crippen molar-refractivity contribution in [1.29, 1.82) is 0 Å². The third kappa shape index (κ3) is 3.76. The minimum Gasteiger partial charge on any atom is -0.387 e. The van der Waals surface area contributed by atoms with Crippen LogP contribution < -0.4 is 5.73 Å². The topological polar surface area (TPSA) is 55.5 Å². The molecule has 0 bridgehead atoms. The van der Waals surface area contributed by atoms with E-state index in [0.29, 0.717) is 49.2 Å². The van der Waals surface area contributed by atoms with E-state index in [0.717, 1.165) is 51.4 Å². The van der Waals surface area contributed by atoms with Crippen LogP contribution in [0.3, 0.4) is 0 Å². The first-order valence-corrected chi connectivity index (χ1v) is 11.7. The van der Waals surface area contributed by atoms with Gasteiger partial charge < -0.3 is 15.6 Å². The van der Waals surface area contributed by atoms with E-state index in [1.54, 1.807) is 0 Å². The van der Waals surface area contributed by atoms with E-state index in [9.17, 15) is 18.3 Å². The molecule has 3 nitrogen and oxygen atoms in total. The Balaban J connectivity index is 1.47. The number of nitrogens with two attached hydrogens (primary N) is 1. The normalized spacial score (nSPS) is 48.5. The Morgan fingerprint density at radius 3 is 2.45 bits per heavy atom. The largest absolute Gasteiger partial charge is 0.403 e. The summed E-state index contributed by atoms with van der Waals surface area (Å²) in [7, 11) is 0. The molecule has 4 aliphatic carbocycles. The van der Waals surface area contributed by atoms with Crippen molar-refractivity contribution in [3.63, 3.8) is 0 Å². The van der Waals surface area contributed by atoms with Crippen LogP contribution in [-0.2, 0) is 4.74 Å². The van der Waals surface area contributed by atoms with Gasteiger partial charge in [-0.3, -0.25) is 0 Å². The van der Waals surface area contributed by atoms with Crippen molar-refractivity contribution >= 4 is 0 Å². The average Bonchev–Trinajstić information content (AvgIpc) is 3.01. The zero-order valence-electron chi connectivity index (χ0n) is 17.9. The van der Waals surface area contributed by atoms with E-state index < -0.39 is 23.7 Å². The van der Waals surface area contributed by atoms with E-state index in [4.69, 9.17) is 10.5 Å². The van der Waals surface area contributed by atoms with Gasteiger partial charge in [-0.05, 0) is 106 Å². The fourth-order valence-corrected chi connectivity index (χ4v) is 8.24. The van der Waals surface area contributed by atoms with Gasteiger partial charge in [-0.25, -0.2) is 0 Å². The molecule has 4 rings (SSSR count). The predicted molar refractivity (Wildman–Crippen MR) is 106 cm³/mol. The molecule has 0 radical (unpaired) electrons. The van der Waals surface area contributed by atoms with Crippen LogP contribution in [0.1, 0.15) is 71.6 Å². The second-order valence-corrected chi connectivity index (χ2v) is 10.8. The summed E-state index contributed by atoms with van der Waals surface area (Å²) in [6.07, 6.45) is 3.98. The van der Waals surface area contributed by atoms with Gasteiger partial charge in [-0.2, -0.15) is 13.2 Å². The summed E-state index contributed by atoms with van der Waals surface area (Å²) in [4.78, 5) is 0. The maximum atomic E-state index is 13.4. The minimum atomic E-state index is -4.30. The molecule has 4 aliphatic rings. The van der Waals surface area contributed by atoms with Crippen LogP contribution in [0.15, 0.2) is 0 Å². The molecule has 6 heteroatoms. The van der Waals surface area contributed by atoms with Crippen molar-refractivity contribution in [2.45, 2.75) is 89.5 Å². The fraction of sp³-hybridized carbons (Fsp3) is 1.00. The van der Waals surface area contributed by atoms with E-state index in [2.05, 4.69) is 6.92 Å². The lowest BCUT2D eigenvalue weighted by Crippen LogP contribution is -2.54. The monoisotopic (exact) mass is 417 g/mol. The van der Waals surface area contributed by atoms with Crippen molar-refractivity contribution < 1.29 is 23.0 Å². The van der Waals surface area contributed by atoms with E-state index >= 15 is 0 Å². The first kappa shape index (κ1) is 21.9. The van der Waals surface area contributed by atoms with Gasteiger partial charge in [-0.1, -0.05) is 6.92 Å². The number of ether oxygens (including phenoxy) is 1. The smallest absolute Gasteiger partial charge is 0.387 e. The number of fused-ring (bicyclic) bond motifs is 5. The molecule has 0 aliphatic heterocycles. The summed E-state index contributed by atoms with van der Waals surface area (Å²) >= 11 is 0. The molecule has 4 saturated carbocycles. The summed E-state index contributed by atoms with van der Waals surface area (Å²) in [5.41, 5.74) is 4.77. The molecule has 0 spiro atoms. The summed E-state index contributed by atoms with van der Waals surface area (Å²) in [5.74, 6) is 2.26. The quantitative estimate of drug-likeness (QED) is 0.683. The molecule has 0 aromatic heterocycles. The van der Waals surface area contributed by atoms with E-state index in [-0.39, 0.29) is 5.41 Å². The van der Waals surface area contributed by atoms with Crippen LogP contribution in [-0.4, -0.2) is 36.1 Å². The number of halogens is 3. The maximum Gasteiger partial charge on any atom is 0.403 e. The third-order valence-corrected chi connectivity index (χ3v) is 9.56. The van der Waals surface area contributed by atoms with Crippen molar-refractivity contribution in [3.8, 4) is 0 Å². The van der Waals surface area contributed by atoms with Gasteiger partial charge in [0.15, 0.2) is 0 Å². The van der Waals surface area contributed by atoms with Gasteiger partial charge in [0.05, 0.1) is 12.2 Å². The van der Waals surface area contributed by atoms with Gasteiger partial charge in [-0.15, -0.1) is 0 Å². The summed E-state index contributed by atoms with van der Waals surface area (Å²) < 4.78 is 45.7. The molecule has 168 valence electrons. The number of alkyl halides is 3.